The Morgan fingerprint density at radius 1 is 1.25 bits per heavy atom. The molecule has 0 saturated heterocycles. The third-order valence-electron chi connectivity index (χ3n) is 2.05. The lowest BCUT2D eigenvalue weighted by molar-refractivity contribution is 0.0834. The number of rotatable bonds is 6. The molecular formula is C12H18N2OS. The quantitative estimate of drug-likeness (QED) is 0.453. The average molecular weight is 238 g/mol. The van der Waals surface area contributed by atoms with Gasteiger partial charge in [0.1, 0.15) is 0 Å². The molecule has 0 aliphatic heterocycles. The molecule has 0 unspecified atom stereocenters. The predicted octanol–water partition coefficient (Wildman–Crippen LogP) is 3.09. The van der Waals surface area contributed by atoms with Gasteiger partial charge in [0.05, 0.1) is 6.61 Å². The fourth-order valence-corrected chi connectivity index (χ4v) is 1.40. The van der Waals surface area contributed by atoms with Gasteiger partial charge in [-0.05, 0) is 30.8 Å². The monoisotopic (exact) mass is 238 g/mol. The first-order valence-corrected chi connectivity index (χ1v) is 5.97. The Bertz CT molecular complexity index is 303. The molecule has 0 bridgehead atoms. The molecule has 0 aromatic heterocycles. The summed E-state index contributed by atoms with van der Waals surface area (Å²) in [5.41, 5.74) is 3.67. The summed E-state index contributed by atoms with van der Waals surface area (Å²) in [5, 5.41) is 3.52. The third kappa shape index (κ3) is 5.68. The van der Waals surface area contributed by atoms with Gasteiger partial charge in [-0.1, -0.05) is 38.0 Å². The second-order valence-corrected chi connectivity index (χ2v) is 3.89. The SMILES string of the molecule is CCCCCONC(=S)Nc1ccccc1. The number of hydrogen-bond acceptors (Lipinski definition) is 2. The molecule has 2 N–H and O–H groups in total. The Balaban J connectivity index is 2.12. The number of thiocarbonyl (C=S) groups is 1. The minimum Gasteiger partial charge on any atom is -0.331 e. The fourth-order valence-electron chi connectivity index (χ4n) is 1.22. The molecule has 3 nitrogen and oxygen atoms in total. The van der Waals surface area contributed by atoms with Crippen LogP contribution in [0.5, 0.6) is 0 Å². The minimum absolute atomic E-state index is 0.489. The normalized spacial score (nSPS) is 9.81. The van der Waals surface area contributed by atoms with E-state index < -0.39 is 0 Å². The van der Waals surface area contributed by atoms with Crippen molar-refractivity contribution in [2.75, 3.05) is 11.9 Å². The summed E-state index contributed by atoms with van der Waals surface area (Å²) >= 11 is 5.07. The van der Waals surface area contributed by atoms with Gasteiger partial charge in [-0.2, -0.15) is 0 Å². The predicted molar refractivity (Wildman–Crippen MR) is 71.3 cm³/mol. The summed E-state index contributed by atoms with van der Waals surface area (Å²) < 4.78 is 0. The first-order chi connectivity index (χ1) is 7.83. The molecule has 4 heteroatoms. The van der Waals surface area contributed by atoms with Crippen LogP contribution < -0.4 is 10.8 Å². The summed E-state index contributed by atoms with van der Waals surface area (Å²) in [7, 11) is 0. The third-order valence-corrected chi connectivity index (χ3v) is 2.23. The maximum absolute atomic E-state index is 5.22. The molecule has 1 rings (SSSR count). The highest BCUT2D eigenvalue weighted by atomic mass is 32.1. The molecule has 0 aliphatic carbocycles. The lowest BCUT2D eigenvalue weighted by Crippen LogP contribution is -2.28. The number of hydroxylamine groups is 1. The standard InChI is InChI=1S/C12H18N2OS/c1-2-3-7-10-15-14-12(16)13-11-8-5-4-6-9-11/h4-6,8-9H,2-3,7,10H2,1H3,(H2,13,14,16). The van der Waals surface area contributed by atoms with Gasteiger partial charge in [-0.15, -0.1) is 0 Å². The summed E-state index contributed by atoms with van der Waals surface area (Å²) in [6.07, 6.45) is 3.42. The van der Waals surface area contributed by atoms with E-state index in [0.717, 1.165) is 12.1 Å². The van der Waals surface area contributed by atoms with E-state index in [0.29, 0.717) is 11.7 Å². The van der Waals surface area contributed by atoms with Crippen molar-refractivity contribution in [1.29, 1.82) is 0 Å². The molecule has 1 aromatic carbocycles. The second kappa shape index (κ2) is 8.07. The van der Waals surface area contributed by atoms with Crippen LogP contribution in [0.25, 0.3) is 0 Å². The Labute approximate surface area is 102 Å². The van der Waals surface area contributed by atoms with Crippen LogP contribution in [-0.4, -0.2) is 11.7 Å². The number of unbranched alkanes of at least 4 members (excludes halogenated alkanes) is 2. The highest BCUT2D eigenvalue weighted by molar-refractivity contribution is 7.80. The minimum atomic E-state index is 0.489. The molecule has 0 heterocycles. The number of nitrogens with one attached hydrogen (secondary N) is 2. The number of benzene rings is 1. The Morgan fingerprint density at radius 3 is 2.69 bits per heavy atom. The van der Waals surface area contributed by atoms with Crippen LogP contribution in [0, 0.1) is 0 Å². The average Bonchev–Trinajstić information content (AvgIpc) is 2.30. The molecule has 0 atom stereocenters. The van der Waals surface area contributed by atoms with Crippen LogP contribution >= 0.6 is 12.2 Å². The van der Waals surface area contributed by atoms with Crippen LogP contribution in [0.2, 0.25) is 0 Å². The van der Waals surface area contributed by atoms with E-state index in [1.54, 1.807) is 0 Å². The maximum atomic E-state index is 5.22. The highest BCUT2D eigenvalue weighted by Gasteiger charge is 1.95. The Morgan fingerprint density at radius 2 is 2.00 bits per heavy atom. The van der Waals surface area contributed by atoms with Crippen LogP contribution in [0.4, 0.5) is 5.69 Å². The van der Waals surface area contributed by atoms with Crippen molar-refractivity contribution >= 4 is 23.0 Å². The molecule has 0 amide bonds. The van der Waals surface area contributed by atoms with Crippen LogP contribution in [-0.2, 0) is 4.84 Å². The van der Waals surface area contributed by atoms with E-state index in [4.69, 9.17) is 17.1 Å². The molecule has 1 aromatic rings. The number of anilines is 1. The lowest BCUT2D eigenvalue weighted by atomic mass is 10.3. The zero-order valence-electron chi connectivity index (χ0n) is 9.53. The van der Waals surface area contributed by atoms with Gasteiger partial charge in [-0.25, -0.2) is 5.48 Å². The van der Waals surface area contributed by atoms with E-state index >= 15 is 0 Å². The van der Waals surface area contributed by atoms with E-state index in [9.17, 15) is 0 Å². The fraction of sp³-hybridized carbons (Fsp3) is 0.417. The topological polar surface area (TPSA) is 33.3 Å². The van der Waals surface area contributed by atoms with Crippen molar-refractivity contribution in [1.82, 2.24) is 5.48 Å². The van der Waals surface area contributed by atoms with E-state index in [1.165, 1.54) is 12.8 Å². The van der Waals surface area contributed by atoms with E-state index in [-0.39, 0.29) is 0 Å². The van der Waals surface area contributed by atoms with Gasteiger partial charge >= 0.3 is 0 Å². The summed E-state index contributed by atoms with van der Waals surface area (Å²) in [6.45, 7) is 2.85. The largest absolute Gasteiger partial charge is 0.331 e. The molecule has 0 aliphatic rings. The van der Waals surface area contributed by atoms with Gasteiger partial charge in [0.15, 0.2) is 5.11 Å². The lowest BCUT2D eigenvalue weighted by Gasteiger charge is -2.09. The van der Waals surface area contributed by atoms with Gasteiger partial charge in [0.2, 0.25) is 0 Å². The molecule has 0 radical (unpaired) electrons. The molecule has 16 heavy (non-hydrogen) atoms. The van der Waals surface area contributed by atoms with Crippen molar-refractivity contribution in [2.45, 2.75) is 26.2 Å². The van der Waals surface area contributed by atoms with E-state index in [2.05, 4.69) is 17.7 Å². The summed E-state index contributed by atoms with van der Waals surface area (Å²) in [4.78, 5) is 5.22. The molecule has 0 fully saturated rings. The van der Waals surface area contributed by atoms with Gasteiger partial charge in [0, 0.05) is 5.69 Å². The van der Waals surface area contributed by atoms with Gasteiger partial charge in [0.25, 0.3) is 0 Å². The molecule has 88 valence electrons. The van der Waals surface area contributed by atoms with Crippen LogP contribution in [0.1, 0.15) is 26.2 Å². The molecule has 0 saturated carbocycles. The first kappa shape index (κ1) is 12.9. The first-order valence-electron chi connectivity index (χ1n) is 5.56. The van der Waals surface area contributed by atoms with Crippen LogP contribution in [0.3, 0.4) is 0 Å². The Kier molecular flexibility index (Phi) is 6.53. The second-order valence-electron chi connectivity index (χ2n) is 3.48. The van der Waals surface area contributed by atoms with Crippen molar-refractivity contribution < 1.29 is 4.84 Å². The van der Waals surface area contributed by atoms with Crippen LogP contribution in [0.15, 0.2) is 30.3 Å². The number of hydrogen-bond donors (Lipinski definition) is 2. The van der Waals surface area contributed by atoms with Crippen molar-refractivity contribution in [2.24, 2.45) is 0 Å². The Hall–Kier alpha value is -1.13. The van der Waals surface area contributed by atoms with Crippen molar-refractivity contribution in [3.8, 4) is 0 Å². The number of para-hydroxylation sites is 1. The van der Waals surface area contributed by atoms with Crippen molar-refractivity contribution in [3.63, 3.8) is 0 Å². The zero-order chi connectivity index (χ0) is 11.6. The molecule has 0 spiro atoms. The highest BCUT2D eigenvalue weighted by Crippen LogP contribution is 2.04. The smallest absolute Gasteiger partial charge is 0.195 e. The van der Waals surface area contributed by atoms with Crippen molar-refractivity contribution in [3.05, 3.63) is 30.3 Å². The zero-order valence-corrected chi connectivity index (χ0v) is 10.3. The maximum Gasteiger partial charge on any atom is 0.195 e. The summed E-state index contributed by atoms with van der Waals surface area (Å²) in [5.74, 6) is 0. The van der Waals surface area contributed by atoms with Gasteiger partial charge in [-0.3, -0.25) is 4.84 Å². The summed E-state index contributed by atoms with van der Waals surface area (Å²) in [6, 6.07) is 9.76. The van der Waals surface area contributed by atoms with E-state index in [1.807, 2.05) is 30.3 Å². The van der Waals surface area contributed by atoms with Gasteiger partial charge < -0.3 is 5.32 Å². The molecular weight excluding hydrogens is 220 g/mol.